The summed E-state index contributed by atoms with van der Waals surface area (Å²) in [5.74, 6) is 0.215. The third kappa shape index (κ3) is 4.35. The zero-order chi connectivity index (χ0) is 20.3. The standard InChI is InChI=1S/C19H17FN5O2S/c1-11-6-14(25-28(3)26)8-16-18(11)19(23-10-22-16)24-15-5-4-13(20)7-17(15)27-12(2)9-21/h4-8,10,12H,1-3H3,(H,22,23,24)/q-1/t12-/m0/s1. The molecule has 7 nitrogen and oxygen atoms in total. The minimum Gasteiger partial charge on any atom is -0.474 e. The minimum atomic E-state index is -1.33. The molecule has 144 valence electrons. The number of hydrogen-bond acceptors (Lipinski definition) is 8. The Balaban J connectivity index is 2.08. The van der Waals surface area contributed by atoms with Gasteiger partial charge in [0.1, 0.15) is 29.8 Å². The molecular formula is C19H17FN5O2S-. The van der Waals surface area contributed by atoms with E-state index in [0.717, 1.165) is 10.9 Å². The van der Waals surface area contributed by atoms with Crippen LogP contribution in [0.5, 0.6) is 5.75 Å². The van der Waals surface area contributed by atoms with Gasteiger partial charge in [-0.1, -0.05) is 0 Å². The number of nitrogens with one attached hydrogen (secondary N) is 1. The Morgan fingerprint density at radius 2 is 2.11 bits per heavy atom. The molecule has 0 aliphatic rings. The summed E-state index contributed by atoms with van der Waals surface area (Å²) in [6.45, 7) is 3.44. The Morgan fingerprint density at radius 1 is 1.32 bits per heavy atom. The topological polar surface area (TPSA) is 100 Å². The van der Waals surface area contributed by atoms with Crippen LogP contribution in [0.25, 0.3) is 10.9 Å². The summed E-state index contributed by atoms with van der Waals surface area (Å²) in [6, 6.07) is 9.47. The third-order valence-electron chi connectivity index (χ3n) is 3.84. The Morgan fingerprint density at radius 3 is 2.82 bits per heavy atom. The average Bonchev–Trinajstić information content (AvgIpc) is 2.63. The molecule has 0 saturated heterocycles. The lowest BCUT2D eigenvalue weighted by Crippen LogP contribution is -2.10. The summed E-state index contributed by atoms with van der Waals surface area (Å²) in [4.78, 5) is 8.56. The van der Waals surface area contributed by atoms with Gasteiger partial charge in [0.05, 0.1) is 11.2 Å². The highest BCUT2D eigenvalue weighted by atomic mass is 32.2. The van der Waals surface area contributed by atoms with Crippen molar-refractivity contribution in [1.29, 1.82) is 5.26 Å². The van der Waals surface area contributed by atoms with Crippen LogP contribution in [-0.2, 0) is 14.8 Å². The van der Waals surface area contributed by atoms with Gasteiger partial charge in [0, 0.05) is 17.1 Å². The molecule has 0 bridgehead atoms. The van der Waals surface area contributed by atoms with E-state index >= 15 is 0 Å². The maximum Gasteiger partial charge on any atom is 0.181 e. The fraction of sp³-hybridized carbons (Fsp3) is 0.211. The van der Waals surface area contributed by atoms with Gasteiger partial charge < -0.3 is 18.6 Å². The molecule has 1 heterocycles. The molecule has 3 aromatic rings. The number of anilines is 2. The van der Waals surface area contributed by atoms with Crippen molar-refractivity contribution in [2.45, 2.75) is 20.0 Å². The van der Waals surface area contributed by atoms with E-state index in [2.05, 4.69) is 19.6 Å². The number of aromatic nitrogens is 2. The van der Waals surface area contributed by atoms with Gasteiger partial charge in [0.15, 0.2) is 6.10 Å². The number of ether oxygens (including phenoxy) is 1. The van der Waals surface area contributed by atoms with Crippen molar-refractivity contribution in [3.63, 3.8) is 0 Å². The van der Waals surface area contributed by atoms with Gasteiger partial charge in [-0.3, -0.25) is 0 Å². The molecule has 3 rings (SSSR count). The van der Waals surface area contributed by atoms with Crippen LogP contribution in [0.1, 0.15) is 12.5 Å². The van der Waals surface area contributed by atoms with Gasteiger partial charge in [0.25, 0.3) is 0 Å². The van der Waals surface area contributed by atoms with Crippen molar-refractivity contribution in [3.8, 4) is 11.8 Å². The van der Waals surface area contributed by atoms with E-state index < -0.39 is 22.5 Å². The normalized spacial score (nSPS) is 13.1. The number of halogens is 1. The van der Waals surface area contributed by atoms with Crippen LogP contribution in [0.2, 0.25) is 0 Å². The van der Waals surface area contributed by atoms with Crippen molar-refractivity contribution in [1.82, 2.24) is 9.97 Å². The van der Waals surface area contributed by atoms with E-state index in [0.29, 0.717) is 22.7 Å². The Kier molecular flexibility index (Phi) is 5.70. The molecular weight excluding hydrogens is 381 g/mol. The molecule has 1 N–H and O–H groups in total. The van der Waals surface area contributed by atoms with E-state index in [1.54, 1.807) is 19.1 Å². The number of fused-ring (bicyclic) bond motifs is 1. The first-order chi connectivity index (χ1) is 13.4. The molecule has 0 aliphatic carbocycles. The third-order valence-corrected chi connectivity index (χ3v) is 4.30. The zero-order valence-corrected chi connectivity index (χ0v) is 16.2. The molecule has 28 heavy (non-hydrogen) atoms. The molecule has 2 aromatic carbocycles. The fourth-order valence-electron chi connectivity index (χ4n) is 2.71. The summed E-state index contributed by atoms with van der Waals surface area (Å²) >= 11 is 0. The quantitative estimate of drug-likeness (QED) is 0.634. The summed E-state index contributed by atoms with van der Waals surface area (Å²) in [7, 11) is -1.33. The molecule has 0 saturated carbocycles. The van der Waals surface area contributed by atoms with Crippen LogP contribution >= 0.6 is 0 Å². The summed E-state index contributed by atoms with van der Waals surface area (Å²) in [5.41, 5.74) is 2.48. The van der Waals surface area contributed by atoms with Gasteiger partial charge in [0.2, 0.25) is 0 Å². The van der Waals surface area contributed by atoms with Crippen LogP contribution in [0.3, 0.4) is 0 Å². The van der Waals surface area contributed by atoms with Crippen LogP contribution in [-0.4, -0.2) is 22.3 Å². The van der Waals surface area contributed by atoms with Gasteiger partial charge in [-0.05, 0) is 43.7 Å². The van der Waals surface area contributed by atoms with Crippen molar-refractivity contribution in [2.24, 2.45) is 4.36 Å². The zero-order valence-electron chi connectivity index (χ0n) is 15.4. The van der Waals surface area contributed by atoms with E-state index in [1.807, 2.05) is 13.0 Å². The Bertz CT molecular complexity index is 1170. The van der Waals surface area contributed by atoms with Crippen LogP contribution in [0, 0.1) is 24.1 Å². The second-order valence-electron chi connectivity index (χ2n) is 6.05. The number of rotatable bonds is 5. The molecule has 0 unspecified atom stereocenters. The van der Waals surface area contributed by atoms with E-state index in [1.165, 1.54) is 30.8 Å². The van der Waals surface area contributed by atoms with Crippen LogP contribution in [0.15, 0.2) is 41.0 Å². The molecule has 1 atom stereocenters. The number of nitrogens with zero attached hydrogens (tertiary/aromatic N) is 4. The molecule has 0 aliphatic heterocycles. The predicted molar refractivity (Wildman–Crippen MR) is 106 cm³/mol. The van der Waals surface area contributed by atoms with E-state index in [-0.39, 0.29) is 5.75 Å². The van der Waals surface area contributed by atoms with Gasteiger partial charge in [-0.15, -0.1) is 6.26 Å². The van der Waals surface area contributed by atoms with Gasteiger partial charge in [-0.2, -0.15) is 15.9 Å². The molecule has 0 spiro atoms. The van der Waals surface area contributed by atoms with E-state index in [9.17, 15) is 8.60 Å². The smallest absolute Gasteiger partial charge is 0.181 e. The molecule has 0 radical (unpaired) electrons. The van der Waals surface area contributed by atoms with Crippen molar-refractivity contribution in [2.75, 3.05) is 11.6 Å². The second kappa shape index (κ2) is 8.19. The lowest BCUT2D eigenvalue weighted by Gasteiger charge is -2.16. The number of hydrogen-bond donors (Lipinski definition) is 1. The fourth-order valence-corrected chi connectivity index (χ4v) is 3.11. The minimum absolute atomic E-state index is 0.200. The Hall–Kier alpha value is -3.25. The highest BCUT2D eigenvalue weighted by molar-refractivity contribution is 7.74. The molecule has 1 aromatic heterocycles. The summed E-state index contributed by atoms with van der Waals surface area (Å²) in [6.07, 6.45) is 2.13. The number of aryl methyl sites for hydroxylation is 1. The maximum absolute atomic E-state index is 13.7. The molecule has 0 fully saturated rings. The highest BCUT2D eigenvalue weighted by Crippen LogP contribution is 2.33. The van der Waals surface area contributed by atoms with Crippen molar-refractivity contribution >= 4 is 38.7 Å². The summed E-state index contributed by atoms with van der Waals surface area (Å²) < 4.78 is 34.6. The van der Waals surface area contributed by atoms with E-state index in [4.69, 9.17) is 10.00 Å². The van der Waals surface area contributed by atoms with Crippen LogP contribution in [0.4, 0.5) is 21.6 Å². The molecule has 0 amide bonds. The first-order valence-corrected chi connectivity index (χ1v) is 9.82. The molecule has 9 heteroatoms. The monoisotopic (exact) mass is 398 g/mol. The van der Waals surface area contributed by atoms with Crippen LogP contribution < -0.4 is 10.1 Å². The highest BCUT2D eigenvalue weighted by Gasteiger charge is 2.13. The number of benzene rings is 2. The van der Waals surface area contributed by atoms with Crippen molar-refractivity contribution < 1.29 is 13.3 Å². The predicted octanol–water partition coefficient (Wildman–Crippen LogP) is 4.52. The second-order valence-corrected chi connectivity index (χ2v) is 7.08. The lowest BCUT2D eigenvalue weighted by molar-refractivity contribution is 0.276. The first-order valence-electron chi connectivity index (χ1n) is 8.31. The lowest BCUT2D eigenvalue weighted by atomic mass is 10.1. The number of nitriles is 1. The maximum atomic E-state index is 13.7. The van der Waals surface area contributed by atoms with Crippen molar-refractivity contribution in [3.05, 3.63) is 48.0 Å². The summed E-state index contributed by atoms with van der Waals surface area (Å²) in [5, 5.41) is 12.8. The largest absolute Gasteiger partial charge is 0.474 e. The average molecular weight is 398 g/mol. The first kappa shape index (κ1) is 19.5. The van der Waals surface area contributed by atoms with Gasteiger partial charge >= 0.3 is 0 Å². The van der Waals surface area contributed by atoms with Gasteiger partial charge in [-0.25, -0.2) is 14.4 Å². The Labute approximate surface area is 163 Å². The SMILES string of the molecule is Cc1cc(N=[S-](C)=O)cc2ncnc(Nc3ccc(F)cc3O[C@@H](C)C#N)c12.